The molecule has 5 rings (SSSR count). The summed E-state index contributed by atoms with van der Waals surface area (Å²) in [6.07, 6.45) is 4.79. The van der Waals surface area contributed by atoms with E-state index in [4.69, 9.17) is 0 Å². The van der Waals surface area contributed by atoms with Gasteiger partial charge in [-0.15, -0.1) is 11.8 Å². The molecule has 0 bridgehead atoms. The molecule has 1 saturated carbocycles. The summed E-state index contributed by atoms with van der Waals surface area (Å²) < 4.78 is 0. The molecule has 34 heavy (non-hydrogen) atoms. The number of rotatable bonds is 5. The van der Waals surface area contributed by atoms with Gasteiger partial charge in [0.15, 0.2) is 0 Å². The van der Waals surface area contributed by atoms with Crippen molar-refractivity contribution >= 4 is 35.0 Å². The summed E-state index contributed by atoms with van der Waals surface area (Å²) >= 11 is 1.69. The predicted octanol–water partition coefficient (Wildman–Crippen LogP) is 4.04. The third-order valence-corrected chi connectivity index (χ3v) is 8.64. The van der Waals surface area contributed by atoms with Gasteiger partial charge < -0.3 is 20.0 Å². The number of thioether (sulfide) groups is 1. The molecule has 2 aliphatic heterocycles. The summed E-state index contributed by atoms with van der Waals surface area (Å²) in [6, 6.07) is 16.1. The largest absolute Gasteiger partial charge is 0.369 e. The van der Waals surface area contributed by atoms with Gasteiger partial charge in [0.2, 0.25) is 5.91 Å². The zero-order valence-corrected chi connectivity index (χ0v) is 20.9. The maximum absolute atomic E-state index is 13.1. The van der Waals surface area contributed by atoms with Gasteiger partial charge in [-0.3, -0.25) is 9.59 Å². The number of piperazine rings is 1. The van der Waals surface area contributed by atoms with Gasteiger partial charge in [-0.05, 0) is 86.5 Å². The normalized spacial score (nSPS) is 22.0. The molecule has 0 radical (unpaired) electrons. The topological polar surface area (TPSA) is 55.9 Å². The third-order valence-electron chi connectivity index (χ3n) is 7.89. The number of nitrogens with one attached hydrogen (secondary N) is 1. The standard InChI is InChI=1S/C27H34N4O2S/c1-29-15-17-30(18-16-29)22-7-3-20(4-8-22)26(33)31-13-11-27(12-14-31)19-24(27)25(32)28-21-5-9-23(34-2)10-6-21/h3-10,24H,11-19H2,1-2H3,(H,28,32). The van der Waals surface area contributed by atoms with Gasteiger partial charge in [0.05, 0.1) is 0 Å². The van der Waals surface area contributed by atoms with Crippen LogP contribution in [0.1, 0.15) is 29.6 Å². The second kappa shape index (κ2) is 9.62. The van der Waals surface area contributed by atoms with E-state index < -0.39 is 0 Å². The van der Waals surface area contributed by atoms with Gasteiger partial charge in [0.25, 0.3) is 5.91 Å². The van der Waals surface area contributed by atoms with E-state index in [0.29, 0.717) is 0 Å². The monoisotopic (exact) mass is 478 g/mol. The number of carbonyl (C=O) groups is 2. The number of likely N-dealkylation sites (tertiary alicyclic amines) is 1. The highest BCUT2D eigenvalue weighted by atomic mass is 32.2. The SMILES string of the molecule is CSc1ccc(NC(=O)C2CC23CCN(C(=O)c2ccc(N4CCN(C)CC4)cc2)CC3)cc1. The van der Waals surface area contributed by atoms with Gasteiger partial charge in [-0.1, -0.05) is 0 Å². The Hall–Kier alpha value is -2.51. The fourth-order valence-corrected chi connectivity index (χ4v) is 5.80. The number of hydrogen-bond acceptors (Lipinski definition) is 5. The van der Waals surface area contributed by atoms with Crippen LogP contribution in [0.3, 0.4) is 0 Å². The molecule has 3 fully saturated rings. The van der Waals surface area contributed by atoms with Crippen LogP contribution in [0.15, 0.2) is 53.4 Å². The summed E-state index contributed by atoms with van der Waals surface area (Å²) in [6.45, 7) is 5.64. The second-order valence-electron chi connectivity index (χ2n) is 9.97. The molecule has 1 aliphatic carbocycles. The molecule has 7 heteroatoms. The summed E-state index contributed by atoms with van der Waals surface area (Å²) in [5, 5.41) is 3.09. The summed E-state index contributed by atoms with van der Waals surface area (Å²) in [4.78, 5) is 33.8. The van der Waals surface area contributed by atoms with E-state index in [1.165, 1.54) is 10.6 Å². The Morgan fingerprint density at radius 2 is 1.56 bits per heavy atom. The molecule has 2 aromatic carbocycles. The highest BCUT2D eigenvalue weighted by Crippen LogP contribution is 2.59. The molecule has 1 N–H and O–H groups in total. The van der Waals surface area contributed by atoms with Crippen molar-refractivity contribution in [3.8, 4) is 0 Å². The van der Waals surface area contributed by atoms with Crippen LogP contribution in [0, 0.1) is 11.3 Å². The van der Waals surface area contributed by atoms with Crippen molar-refractivity contribution in [2.45, 2.75) is 24.2 Å². The maximum Gasteiger partial charge on any atom is 0.253 e. The minimum absolute atomic E-state index is 0.0628. The van der Waals surface area contributed by atoms with Crippen molar-refractivity contribution in [2.75, 3.05) is 62.8 Å². The summed E-state index contributed by atoms with van der Waals surface area (Å²) in [5.41, 5.74) is 2.88. The Labute approximate surface area is 206 Å². The van der Waals surface area contributed by atoms with E-state index in [0.717, 1.165) is 69.8 Å². The zero-order valence-electron chi connectivity index (χ0n) is 20.1. The Morgan fingerprint density at radius 1 is 0.912 bits per heavy atom. The highest BCUT2D eigenvalue weighted by molar-refractivity contribution is 7.98. The number of amides is 2. The van der Waals surface area contributed by atoms with Gasteiger partial charge in [-0.2, -0.15) is 0 Å². The number of anilines is 2. The van der Waals surface area contributed by atoms with Gasteiger partial charge in [0, 0.05) is 67.0 Å². The quantitative estimate of drug-likeness (QED) is 0.658. The average Bonchev–Trinajstić information content (AvgIpc) is 3.58. The first-order chi connectivity index (χ1) is 16.5. The molecule has 2 aromatic rings. The first-order valence-corrected chi connectivity index (χ1v) is 13.5. The molecular weight excluding hydrogens is 444 g/mol. The molecule has 1 atom stereocenters. The summed E-state index contributed by atoms with van der Waals surface area (Å²) in [7, 11) is 2.16. The van der Waals surface area contributed by atoms with Crippen LogP contribution in [-0.2, 0) is 4.79 Å². The number of nitrogens with zero attached hydrogens (tertiary/aromatic N) is 3. The third kappa shape index (κ3) is 4.82. The summed E-state index contributed by atoms with van der Waals surface area (Å²) in [5.74, 6) is 0.291. The Balaban J connectivity index is 1.12. The van der Waals surface area contributed by atoms with Crippen LogP contribution in [0.4, 0.5) is 11.4 Å². The number of hydrogen-bond donors (Lipinski definition) is 1. The average molecular weight is 479 g/mol. The van der Waals surface area contributed by atoms with Gasteiger partial charge in [-0.25, -0.2) is 0 Å². The second-order valence-corrected chi connectivity index (χ2v) is 10.8. The molecule has 1 spiro atoms. The minimum Gasteiger partial charge on any atom is -0.369 e. The van der Waals surface area contributed by atoms with Crippen molar-refractivity contribution < 1.29 is 9.59 Å². The van der Waals surface area contributed by atoms with E-state index in [1.54, 1.807) is 11.8 Å². The van der Waals surface area contributed by atoms with E-state index in [1.807, 2.05) is 47.6 Å². The molecule has 1 unspecified atom stereocenters. The minimum atomic E-state index is 0.0628. The molecule has 0 aromatic heterocycles. The predicted molar refractivity (Wildman–Crippen MR) is 139 cm³/mol. The fraction of sp³-hybridized carbons (Fsp3) is 0.481. The van der Waals surface area contributed by atoms with Gasteiger partial charge >= 0.3 is 0 Å². The number of benzene rings is 2. The van der Waals surface area contributed by atoms with Crippen molar-refractivity contribution in [3.63, 3.8) is 0 Å². The number of carbonyl (C=O) groups excluding carboxylic acids is 2. The number of likely N-dealkylation sites (N-methyl/N-ethyl adjacent to an activating group) is 1. The van der Waals surface area contributed by atoms with Crippen molar-refractivity contribution in [1.82, 2.24) is 9.80 Å². The molecule has 6 nitrogen and oxygen atoms in total. The molecule has 2 heterocycles. The Kier molecular flexibility index (Phi) is 6.58. The first kappa shape index (κ1) is 23.2. The van der Waals surface area contributed by atoms with Crippen LogP contribution >= 0.6 is 11.8 Å². The molecule has 180 valence electrons. The molecule has 2 amide bonds. The van der Waals surface area contributed by atoms with Gasteiger partial charge in [0.1, 0.15) is 0 Å². The van der Waals surface area contributed by atoms with Crippen LogP contribution in [0.25, 0.3) is 0 Å². The lowest BCUT2D eigenvalue weighted by molar-refractivity contribution is -0.118. The lowest BCUT2D eigenvalue weighted by Crippen LogP contribution is -2.44. The van der Waals surface area contributed by atoms with Crippen LogP contribution in [-0.4, -0.2) is 74.2 Å². The lowest BCUT2D eigenvalue weighted by atomic mass is 9.90. The van der Waals surface area contributed by atoms with Crippen molar-refractivity contribution in [2.24, 2.45) is 11.3 Å². The van der Waals surface area contributed by atoms with Crippen LogP contribution < -0.4 is 10.2 Å². The van der Waals surface area contributed by atoms with E-state index in [-0.39, 0.29) is 23.1 Å². The molecular formula is C27H34N4O2S. The van der Waals surface area contributed by atoms with Crippen molar-refractivity contribution in [1.29, 1.82) is 0 Å². The first-order valence-electron chi connectivity index (χ1n) is 12.3. The van der Waals surface area contributed by atoms with E-state index in [9.17, 15) is 9.59 Å². The zero-order chi connectivity index (χ0) is 23.7. The Bertz CT molecular complexity index is 1020. The fourth-order valence-electron chi connectivity index (χ4n) is 5.39. The van der Waals surface area contributed by atoms with Crippen LogP contribution in [0.5, 0.6) is 0 Å². The smallest absolute Gasteiger partial charge is 0.253 e. The van der Waals surface area contributed by atoms with Crippen LogP contribution in [0.2, 0.25) is 0 Å². The lowest BCUT2D eigenvalue weighted by Gasteiger charge is -2.34. The van der Waals surface area contributed by atoms with E-state index in [2.05, 4.69) is 34.3 Å². The van der Waals surface area contributed by atoms with Crippen molar-refractivity contribution in [3.05, 3.63) is 54.1 Å². The molecule has 3 aliphatic rings. The molecule has 2 saturated heterocycles. The maximum atomic E-state index is 13.1. The Morgan fingerprint density at radius 3 is 2.18 bits per heavy atom. The van der Waals surface area contributed by atoms with E-state index >= 15 is 0 Å². The highest BCUT2D eigenvalue weighted by Gasteiger charge is 2.58. The number of piperidine rings is 1.